The maximum absolute atomic E-state index is 13.3. The van der Waals surface area contributed by atoms with Gasteiger partial charge in [-0.2, -0.15) is 10.5 Å². The third-order valence-corrected chi connectivity index (χ3v) is 3.10. The molecule has 0 bridgehead atoms. The highest BCUT2D eigenvalue weighted by Gasteiger charge is 2.09. The van der Waals surface area contributed by atoms with Crippen LogP contribution in [0.1, 0.15) is 5.82 Å². The van der Waals surface area contributed by atoms with Gasteiger partial charge in [0.2, 0.25) is 5.82 Å². The second kappa shape index (κ2) is 5.70. The van der Waals surface area contributed by atoms with Crippen LogP contribution >= 0.6 is 22.6 Å². The van der Waals surface area contributed by atoms with Gasteiger partial charge in [0.15, 0.2) is 0 Å². The first kappa shape index (κ1) is 13.3. The van der Waals surface area contributed by atoms with Gasteiger partial charge in [-0.15, -0.1) is 10.2 Å². The molecule has 2 aromatic rings. The first-order valence-corrected chi connectivity index (χ1v) is 5.95. The molecule has 0 aliphatic heterocycles. The lowest BCUT2D eigenvalue weighted by Crippen LogP contribution is -1.96. The summed E-state index contributed by atoms with van der Waals surface area (Å²) in [5.41, 5.74) is 0.250. The molecule has 1 heterocycles. The lowest BCUT2D eigenvalue weighted by atomic mass is 10.2. The number of aromatic amines is 1. The fourth-order valence-electron chi connectivity index (χ4n) is 1.22. The van der Waals surface area contributed by atoms with E-state index in [1.165, 1.54) is 6.20 Å². The zero-order chi connectivity index (χ0) is 13.8. The normalized spacial score (nSPS) is 11.2. The fraction of sp³-hybridized carbons (Fsp3) is 0. The van der Waals surface area contributed by atoms with Crippen LogP contribution < -0.4 is 5.32 Å². The van der Waals surface area contributed by atoms with Gasteiger partial charge in [0.1, 0.15) is 23.3 Å². The van der Waals surface area contributed by atoms with Gasteiger partial charge in [0, 0.05) is 11.9 Å². The van der Waals surface area contributed by atoms with Gasteiger partial charge in [0.25, 0.3) is 0 Å². The molecule has 0 aliphatic carbocycles. The van der Waals surface area contributed by atoms with Crippen molar-refractivity contribution in [1.29, 1.82) is 5.26 Å². The molecule has 0 unspecified atom stereocenters. The number of hydrogen-bond donors (Lipinski definition) is 2. The van der Waals surface area contributed by atoms with Crippen molar-refractivity contribution in [3.8, 4) is 6.07 Å². The van der Waals surface area contributed by atoms with Crippen LogP contribution in [0.5, 0.6) is 0 Å². The van der Waals surface area contributed by atoms with Crippen molar-refractivity contribution < 1.29 is 8.78 Å². The molecule has 0 radical (unpaired) electrons. The Balaban J connectivity index is 2.25. The molecule has 0 spiro atoms. The predicted molar refractivity (Wildman–Crippen MR) is 70.5 cm³/mol. The van der Waals surface area contributed by atoms with Gasteiger partial charge in [-0.05, 0) is 39.9 Å². The van der Waals surface area contributed by atoms with Crippen molar-refractivity contribution >= 4 is 33.9 Å². The molecule has 9 heteroatoms. The van der Waals surface area contributed by atoms with Crippen LogP contribution in [0.25, 0.3) is 5.57 Å². The van der Waals surface area contributed by atoms with Crippen LogP contribution in [0.4, 0.5) is 14.5 Å². The Labute approximate surface area is 119 Å². The number of nitriles is 1. The Morgan fingerprint density at radius 1 is 1.42 bits per heavy atom. The zero-order valence-corrected chi connectivity index (χ0v) is 11.3. The van der Waals surface area contributed by atoms with Crippen LogP contribution in [0.15, 0.2) is 18.3 Å². The minimum absolute atomic E-state index is 0.0770. The molecule has 19 heavy (non-hydrogen) atoms. The van der Waals surface area contributed by atoms with E-state index in [0.717, 1.165) is 12.1 Å². The third kappa shape index (κ3) is 3.02. The van der Waals surface area contributed by atoms with E-state index >= 15 is 0 Å². The molecule has 0 fully saturated rings. The lowest BCUT2D eigenvalue weighted by Gasteiger charge is -2.03. The fourth-order valence-corrected chi connectivity index (χ4v) is 1.53. The summed E-state index contributed by atoms with van der Waals surface area (Å²) >= 11 is 1.57. The molecule has 96 valence electrons. The summed E-state index contributed by atoms with van der Waals surface area (Å²) < 4.78 is 26.5. The summed E-state index contributed by atoms with van der Waals surface area (Å²) in [6.45, 7) is 0. The van der Waals surface area contributed by atoms with Crippen molar-refractivity contribution in [2.24, 2.45) is 0 Å². The number of halogens is 3. The first-order chi connectivity index (χ1) is 9.11. The number of rotatable bonds is 3. The number of nitrogens with one attached hydrogen (secondary N) is 2. The molecular weight excluding hydrogens is 369 g/mol. The van der Waals surface area contributed by atoms with Crippen molar-refractivity contribution in [3.05, 3.63) is 39.4 Å². The van der Waals surface area contributed by atoms with Crippen LogP contribution in [-0.2, 0) is 0 Å². The summed E-state index contributed by atoms with van der Waals surface area (Å²) in [6, 6.07) is 4.08. The largest absolute Gasteiger partial charge is 0.360 e. The Morgan fingerprint density at radius 2 is 2.11 bits per heavy atom. The molecular formula is C10H5F2IN6. The average molecular weight is 374 g/mol. The minimum atomic E-state index is -0.686. The topological polar surface area (TPSA) is 90.3 Å². The number of H-pyrrole nitrogens is 1. The highest BCUT2D eigenvalue weighted by atomic mass is 127. The number of benzene rings is 1. The summed E-state index contributed by atoms with van der Waals surface area (Å²) in [5.74, 6) is -1.29. The monoisotopic (exact) mass is 374 g/mol. The Bertz CT molecular complexity index is 638. The van der Waals surface area contributed by atoms with E-state index in [2.05, 4.69) is 25.9 Å². The van der Waals surface area contributed by atoms with Crippen LogP contribution in [0.3, 0.4) is 0 Å². The summed E-state index contributed by atoms with van der Waals surface area (Å²) in [7, 11) is 0. The van der Waals surface area contributed by atoms with Crippen LogP contribution in [0, 0.1) is 26.5 Å². The molecule has 1 aromatic heterocycles. The first-order valence-electron chi connectivity index (χ1n) is 4.87. The minimum Gasteiger partial charge on any atom is -0.360 e. The quantitative estimate of drug-likeness (QED) is 0.488. The maximum atomic E-state index is 13.3. The van der Waals surface area contributed by atoms with Gasteiger partial charge in [-0.3, -0.25) is 0 Å². The predicted octanol–water partition coefficient (Wildman–Crippen LogP) is 2.06. The number of nitrogens with zero attached hydrogens (tertiary/aromatic N) is 4. The van der Waals surface area contributed by atoms with Gasteiger partial charge < -0.3 is 5.32 Å². The highest BCUT2D eigenvalue weighted by molar-refractivity contribution is 14.1. The lowest BCUT2D eigenvalue weighted by molar-refractivity contribution is 0.571. The molecule has 6 nitrogen and oxygen atoms in total. The van der Waals surface area contributed by atoms with E-state index in [-0.39, 0.29) is 20.7 Å². The van der Waals surface area contributed by atoms with Crippen molar-refractivity contribution in [1.82, 2.24) is 20.6 Å². The molecule has 2 N–H and O–H groups in total. The van der Waals surface area contributed by atoms with Crippen molar-refractivity contribution in [2.45, 2.75) is 0 Å². The van der Waals surface area contributed by atoms with Crippen LogP contribution in [-0.4, -0.2) is 20.6 Å². The average Bonchev–Trinajstić information content (AvgIpc) is 2.90. The summed E-state index contributed by atoms with van der Waals surface area (Å²) in [4.78, 5) is 0. The van der Waals surface area contributed by atoms with E-state index in [0.29, 0.717) is 0 Å². The molecule has 0 aliphatic rings. The molecule has 0 amide bonds. The number of allylic oxidation sites excluding steroid dienone is 1. The van der Waals surface area contributed by atoms with Gasteiger partial charge >= 0.3 is 0 Å². The smallest absolute Gasteiger partial charge is 0.216 e. The Hall–Kier alpha value is -2.09. The number of anilines is 1. The van der Waals surface area contributed by atoms with E-state index in [1.54, 1.807) is 22.6 Å². The van der Waals surface area contributed by atoms with E-state index in [9.17, 15) is 8.78 Å². The Morgan fingerprint density at radius 3 is 2.63 bits per heavy atom. The molecule has 1 aromatic carbocycles. The van der Waals surface area contributed by atoms with Crippen LogP contribution in [0.2, 0.25) is 0 Å². The second-order valence-corrected chi connectivity index (χ2v) is 4.38. The maximum Gasteiger partial charge on any atom is 0.216 e. The Kier molecular flexibility index (Phi) is 4.00. The SMILES string of the molecule is N#CC(=CNc1cc(F)c(I)c(F)c1)c1nn[nH]n1. The number of hydrogen-bond acceptors (Lipinski definition) is 5. The zero-order valence-electron chi connectivity index (χ0n) is 9.15. The third-order valence-electron chi connectivity index (χ3n) is 2.07. The van der Waals surface area contributed by atoms with Gasteiger partial charge in [0.05, 0.1) is 3.57 Å². The van der Waals surface area contributed by atoms with E-state index in [4.69, 9.17) is 5.26 Å². The second-order valence-electron chi connectivity index (χ2n) is 3.30. The highest BCUT2D eigenvalue weighted by Crippen LogP contribution is 2.20. The van der Waals surface area contributed by atoms with Crippen molar-refractivity contribution in [2.75, 3.05) is 5.32 Å². The van der Waals surface area contributed by atoms with Crippen molar-refractivity contribution in [3.63, 3.8) is 0 Å². The number of aromatic nitrogens is 4. The molecule has 0 saturated heterocycles. The molecule has 2 rings (SSSR count). The molecule has 0 saturated carbocycles. The standard InChI is InChI=1S/C10H5F2IN6/c11-7-1-6(2-8(12)9(7)13)15-4-5(3-14)10-16-18-19-17-10/h1-2,4,15H,(H,16,17,18,19). The van der Waals surface area contributed by atoms with Gasteiger partial charge in [-0.25, -0.2) is 8.78 Å². The summed E-state index contributed by atoms with van der Waals surface area (Å²) in [6.07, 6.45) is 1.24. The van der Waals surface area contributed by atoms with E-state index in [1.807, 2.05) is 6.07 Å². The summed E-state index contributed by atoms with van der Waals surface area (Å²) in [5, 5.41) is 24.3. The molecule has 0 atom stereocenters. The number of tetrazole rings is 1. The van der Waals surface area contributed by atoms with E-state index < -0.39 is 11.6 Å². The van der Waals surface area contributed by atoms with Gasteiger partial charge in [-0.1, -0.05) is 0 Å².